The van der Waals surface area contributed by atoms with Gasteiger partial charge in [-0.15, -0.1) is 11.3 Å². The first-order valence-electron chi connectivity index (χ1n) is 8.19. The first-order chi connectivity index (χ1) is 13.2. The minimum absolute atomic E-state index is 0.131. The summed E-state index contributed by atoms with van der Waals surface area (Å²) in [6.07, 6.45) is 0.470. The quantitative estimate of drug-likeness (QED) is 0.464. The predicted molar refractivity (Wildman–Crippen MR) is 108 cm³/mol. The molecular weight excluding hydrogens is 427 g/mol. The van der Waals surface area contributed by atoms with E-state index in [4.69, 9.17) is 28.9 Å². The molecule has 2 rings (SSSR count). The number of carbonyl (C=O) groups is 3. The number of aliphatic carboxylic acids is 1. The highest BCUT2D eigenvalue weighted by Gasteiger charge is 2.24. The fourth-order valence-corrected chi connectivity index (χ4v) is 3.84. The number of aryl methyl sites for hydroxylation is 1. The highest BCUT2D eigenvalue weighted by molar-refractivity contribution is 7.17. The van der Waals surface area contributed by atoms with E-state index in [0.29, 0.717) is 32.7 Å². The number of nitrogens with zero attached hydrogens (tertiary/aromatic N) is 1. The standard InChI is InChI=1S/C17H18Cl2N4O4S/c1-8-13(28-15(22-8)9-4-2-5-10(18)12(9)19)14(24)23-11(16(25)26)6-3-7-21-17(20)27/h2,4-5,11H,3,6-7H2,1H3,(H,23,24)(H,25,26)(H3,20,21,27). The minimum Gasteiger partial charge on any atom is -0.480 e. The third kappa shape index (κ3) is 5.57. The number of carboxylic acid groups (broad SMARTS) is 1. The van der Waals surface area contributed by atoms with Crippen LogP contribution in [0.2, 0.25) is 10.0 Å². The number of urea groups is 1. The summed E-state index contributed by atoms with van der Waals surface area (Å²) in [5, 5.41) is 15.4. The third-order valence-corrected chi connectivity index (χ3v) is 5.77. The van der Waals surface area contributed by atoms with Gasteiger partial charge in [0.2, 0.25) is 0 Å². The summed E-state index contributed by atoms with van der Waals surface area (Å²) in [5.41, 5.74) is 6.00. The molecule has 0 aliphatic heterocycles. The second kappa shape index (κ2) is 9.72. The number of halogens is 2. The molecule has 1 unspecified atom stereocenters. The fraction of sp³-hybridized carbons (Fsp3) is 0.294. The smallest absolute Gasteiger partial charge is 0.326 e. The van der Waals surface area contributed by atoms with E-state index in [0.717, 1.165) is 11.3 Å². The van der Waals surface area contributed by atoms with Crippen molar-refractivity contribution in [2.75, 3.05) is 6.54 Å². The number of benzene rings is 1. The van der Waals surface area contributed by atoms with Crippen molar-refractivity contribution in [1.29, 1.82) is 0 Å². The summed E-state index contributed by atoms with van der Waals surface area (Å²) >= 11 is 13.3. The van der Waals surface area contributed by atoms with Crippen molar-refractivity contribution in [3.8, 4) is 10.6 Å². The molecule has 0 aliphatic rings. The molecule has 1 heterocycles. The molecule has 1 aromatic carbocycles. The van der Waals surface area contributed by atoms with Crippen LogP contribution in [0.15, 0.2) is 18.2 Å². The van der Waals surface area contributed by atoms with E-state index in [-0.39, 0.29) is 17.8 Å². The Balaban J connectivity index is 2.12. The molecular formula is C17H18Cl2N4O4S. The Morgan fingerprint density at radius 2 is 2.04 bits per heavy atom. The zero-order valence-electron chi connectivity index (χ0n) is 14.8. The second-order valence-electron chi connectivity index (χ2n) is 5.83. The molecule has 8 nitrogen and oxygen atoms in total. The van der Waals surface area contributed by atoms with Crippen molar-refractivity contribution < 1.29 is 19.5 Å². The van der Waals surface area contributed by atoms with Gasteiger partial charge in [-0.25, -0.2) is 14.6 Å². The monoisotopic (exact) mass is 444 g/mol. The van der Waals surface area contributed by atoms with Gasteiger partial charge in [0.05, 0.1) is 15.7 Å². The zero-order valence-corrected chi connectivity index (χ0v) is 17.1. The van der Waals surface area contributed by atoms with Crippen LogP contribution in [-0.4, -0.2) is 40.6 Å². The Morgan fingerprint density at radius 1 is 1.32 bits per heavy atom. The molecule has 0 fully saturated rings. The highest BCUT2D eigenvalue weighted by Crippen LogP contribution is 2.36. The molecule has 0 radical (unpaired) electrons. The Labute approximate surface area is 175 Å². The number of nitrogens with two attached hydrogens (primary N) is 1. The maximum Gasteiger partial charge on any atom is 0.326 e. The molecule has 11 heteroatoms. The maximum atomic E-state index is 12.6. The second-order valence-corrected chi connectivity index (χ2v) is 7.62. The van der Waals surface area contributed by atoms with Crippen LogP contribution < -0.4 is 16.4 Å². The summed E-state index contributed by atoms with van der Waals surface area (Å²) < 4.78 is 0. The summed E-state index contributed by atoms with van der Waals surface area (Å²) in [6, 6.07) is 3.30. The number of carbonyl (C=O) groups excluding carboxylic acids is 2. The van der Waals surface area contributed by atoms with Crippen molar-refractivity contribution in [1.82, 2.24) is 15.6 Å². The SMILES string of the molecule is Cc1nc(-c2cccc(Cl)c2Cl)sc1C(=O)NC(CCCNC(N)=O)C(=O)O. The molecule has 0 saturated heterocycles. The highest BCUT2D eigenvalue weighted by atomic mass is 35.5. The van der Waals surface area contributed by atoms with Crippen molar-refractivity contribution >= 4 is 52.4 Å². The van der Waals surface area contributed by atoms with Crippen LogP contribution in [0.3, 0.4) is 0 Å². The number of hydrogen-bond donors (Lipinski definition) is 4. The van der Waals surface area contributed by atoms with Gasteiger partial charge in [-0.05, 0) is 25.8 Å². The molecule has 1 aromatic heterocycles. The topological polar surface area (TPSA) is 134 Å². The average Bonchev–Trinajstić information content (AvgIpc) is 3.01. The molecule has 150 valence electrons. The van der Waals surface area contributed by atoms with E-state index < -0.39 is 23.9 Å². The van der Waals surface area contributed by atoms with Crippen molar-refractivity contribution in [3.63, 3.8) is 0 Å². The number of thiazole rings is 1. The number of amides is 3. The van der Waals surface area contributed by atoms with Crippen LogP contribution in [0.5, 0.6) is 0 Å². The zero-order chi connectivity index (χ0) is 20.8. The minimum atomic E-state index is -1.17. The largest absolute Gasteiger partial charge is 0.480 e. The number of primary amides is 1. The van der Waals surface area contributed by atoms with Crippen molar-refractivity contribution in [2.45, 2.75) is 25.8 Å². The first-order valence-corrected chi connectivity index (χ1v) is 9.76. The normalized spacial score (nSPS) is 11.7. The van der Waals surface area contributed by atoms with Gasteiger partial charge in [0.1, 0.15) is 15.9 Å². The lowest BCUT2D eigenvalue weighted by Crippen LogP contribution is -2.41. The van der Waals surface area contributed by atoms with Crippen LogP contribution in [0.1, 0.15) is 28.2 Å². The van der Waals surface area contributed by atoms with Crippen LogP contribution in [0.4, 0.5) is 4.79 Å². The van der Waals surface area contributed by atoms with Crippen LogP contribution >= 0.6 is 34.5 Å². The van der Waals surface area contributed by atoms with E-state index in [9.17, 15) is 19.5 Å². The molecule has 0 spiro atoms. The summed E-state index contributed by atoms with van der Waals surface area (Å²) in [7, 11) is 0. The lowest BCUT2D eigenvalue weighted by molar-refractivity contribution is -0.139. The fourth-order valence-electron chi connectivity index (χ4n) is 2.39. The van der Waals surface area contributed by atoms with Gasteiger partial charge < -0.3 is 21.5 Å². The van der Waals surface area contributed by atoms with Gasteiger partial charge >= 0.3 is 12.0 Å². The first kappa shape index (κ1) is 21.9. The van der Waals surface area contributed by atoms with E-state index >= 15 is 0 Å². The molecule has 28 heavy (non-hydrogen) atoms. The number of nitrogens with one attached hydrogen (secondary N) is 2. The summed E-state index contributed by atoms with van der Waals surface area (Å²) in [6.45, 7) is 1.87. The lowest BCUT2D eigenvalue weighted by Gasteiger charge is -2.14. The van der Waals surface area contributed by atoms with Crippen LogP contribution in [0, 0.1) is 6.92 Å². The average molecular weight is 445 g/mol. The predicted octanol–water partition coefficient (Wildman–Crippen LogP) is 3.06. The summed E-state index contributed by atoms with van der Waals surface area (Å²) in [4.78, 5) is 39.3. The maximum absolute atomic E-state index is 12.6. The van der Waals surface area contributed by atoms with E-state index in [2.05, 4.69) is 15.6 Å². The molecule has 0 bridgehead atoms. The van der Waals surface area contributed by atoms with Gasteiger partial charge in [0, 0.05) is 12.1 Å². The third-order valence-electron chi connectivity index (χ3n) is 3.76. The number of aromatic nitrogens is 1. The molecule has 3 amide bonds. The Morgan fingerprint density at radius 3 is 2.68 bits per heavy atom. The molecule has 0 saturated carbocycles. The Bertz CT molecular complexity index is 903. The van der Waals surface area contributed by atoms with Crippen LogP contribution in [0.25, 0.3) is 10.6 Å². The Kier molecular flexibility index (Phi) is 7.61. The molecule has 5 N–H and O–H groups in total. The lowest BCUT2D eigenvalue weighted by atomic mass is 10.1. The number of carboxylic acids is 1. The molecule has 2 aromatic rings. The van der Waals surface area contributed by atoms with E-state index in [1.165, 1.54) is 0 Å². The van der Waals surface area contributed by atoms with Crippen molar-refractivity contribution in [3.05, 3.63) is 38.8 Å². The van der Waals surface area contributed by atoms with Gasteiger partial charge in [-0.2, -0.15) is 0 Å². The van der Waals surface area contributed by atoms with Gasteiger partial charge in [-0.1, -0.05) is 35.3 Å². The van der Waals surface area contributed by atoms with Gasteiger partial charge in [0.25, 0.3) is 5.91 Å². The molecule has 1 atom stereocenters. The Hall–Kier alpha value is -2.36. The summed E-state index contributed by atoms with van der Waals surface area (Å²) in [5.74, 6) is -1.72. The van der Waals surface area contributed by atoms with E-state index in [1.54, 1.807) is 25.1 Å². The van der Waals surface area contributed by atoms with Crippen molar-refractivity contribution in [2.24, 2.45) is 5.73 Å². The van der Waals surface area contributed by atoms with Crippen LogP contribution in [-0.2, 0) is 4.79 Å². The molecule has 0 aliphatic carbocycles. The van der Waals surface area contributed by atoms with Gasteiger partial charge in [0.15, 0.2) is 0 Å². The van der Waals surface area contributed by atoms with E-state index in [1.807, 2.05) is 0 Å². The number of hydrogen-bond acceptors (Lipinski definition) is 5. The number of rotatable bonds is 8. The van der Waals surface area contributed by atoms with Gasteiger partial charge in [-0.3, -0.25) is 4.79 Å².